The lowest BCUT2D eigenvalue weighted by Gasteiger charge is -2.18. The molecule has 0 aromatic rings. The molecule has 0 rings (SSSR count). The third-order valence-electron chi connectivity index (χ3n) is 1.62. The minimum atomic E-state index is -0.750. The molecule has 2 nitrogen and oxygen atoms in total. The van der Waals surface area contributed by atoms with Crippen molar-refractivity contribution in [2.24, 2.45) is 5.41 Å². The van der Waals surface area contributed by atoms with Gasteiger partial charge in [0.2, 0.25) is 0 Å². The lowest BCUT2D eigenvalue weighted by Crippen LogP contribution is -2.25. The molecule has 0 heterocycles. The third kappa shape index (κ3) is 11.1. The molecule has 0 fully saturated rings. The molecule has 0 aliphatic heterocycles. The average Bonchev–Trinajstić information content (AvgIpc) is 2.04. The Morgan fingerprint density at radius 3 is 2.00 bits per heavy atom. The summed E-state index contributed by atoms with van der Waals surface area (Å²) in [5.74, 6) is -0.107. The number of alkyl halides is 4. The van der Waals surface area contributed by atoms with Crippen molar-refractivity contribution in [2.45, 2.75) is 31.5 Å². The van der Waals surface area contributed by atoms with Crippen LogP contribution >= 0.6 is 57.4 Å². The van der Waals surface area contributed by atoms with Crippen LogP contribution in [0.4, 0.5) is 0 Å². The first-order valence-electron chi connectivity index (χ1n) is 3.93. The Labute approximate surface area is 114 Å². The van der Waals surface area contributed by atoms with Gasteiger partial charge in [0.25, 0.3) is 0 Å². The van der Waals surface area contributed by atoms with Crippen LogP contribution < -0.4 is 0 Å². The van der Waals surface area contributed by atoms with Crippen LogP contribution in [0.1, 0.15) is 27.2 Å². The zero-order valence-corrected chi connectivity index (χ0v) is 12.7. The molecule has 14 heavy (non-hydrogen) atoms. The van der Waals surface area contributed by atoms with E-state index in [-0.39, 0.29) is 11.4 Å². The molecule has 0 saturated heterocycles. The van der Waals surface area contributed by atoms with Gasteiger partial charge in [-0.3, -0.25) is 4.79 Å². The number of carbonyl (C=O) groups excluding carboxylic acids is 1. The number of carbonyl (C=O) groups is 1. The molecule has 86 valence electrons. The summed E-state index contributed by atoms with van der Waals surface area (Å²) in [6.07, 6.45) is 0.822. The lowest BCUT2D eigenvalue weighted by molar-refractivity contribution is -0.151. The largest absolute Gasteiger partial charge is 0.455 e. The van der Waals surface area contributed by atoms with Crippen molar-refractivity contribution in [3.63, 3.8) is 0 Å². The first kappa shape index (κ1) is 17.5. The van der Waals surface area contributed by atoms with Gasteiger partial charge < -0.3 is 4.74 Å². The summed E-state index contributed by atoms with van der Waals surface area (Å²) in [6, 6.07) is 0. The first-order chi connectivity index (χ1) is 6.27. The Morgan fingerprint density at radius 1 is 1.43 bits per heavy atom. The molecule has 0 saturated carbocycles. The smallest absolute Gasteiger partial charge is 0.312 e. The maximum atomic E-state index is 11.1. The normalized spacial score (nSPS) is 10.6. The number of ether oxygens (including phenoxy) is 1. The van der Waals surface area contributed by atoms with Crippen LogP contribution in [-0.4, -0.2) is 14.9 Å². The fourth-order valence-corrected chi connectivity index (χ4v) is 0.672. The van der Waals surface area contributed by atoms with Gasteiger partial charge in [-0.2, -0.15) is 0 Å². The summed E-state index contributed by atoms with van der Waals surface area (Å²) in [5, 5.41) is 0. The highest BCUT2D eigenvalue weighted by molar-refractivity contribution is 14.1. The summed E-state index contributed by atoms with van der Waals surface area (Å²) in [6.45, 7) is 5.76. The zero-order chi connectivity index (χ0) is 11.8. The molecule has 0 aliphatic rings. The second-order valence-electron chi connectivity index (χ2n) is 3.03. The van der Waals surface area contributed by atoms with Gasteiger partial charge in [0.05, 0.1) is 5.41 Å². The van der Waals surface area contributed by atoms with Crippen LogP contribution in [0.3, 0.4) is 0 Å². The van der Waals surface area contributed by atoms with Crippen LogP contribution in [0.15, 0.2) is 0 Å². The van der Waals surface area contributed by atoms with E-state index in [2.05, 4.69) is 0 Å². The van der Waals surface area contributed by atoms with Gasteiger partial charge in [0.1, 0.15) is 4.61 Å². The van der Waals surface area contributed by atoms with Crippen molar-refractivity contribution < 1.29 is 9.53 Å². The molecule has 0 N–H and O–H groups in total. The minimum absolute atomic E-state index is 0.107. The molecule has 0 spiro atoms. The van der Waals surface area contributed by atoms with E-state index in [4.69, 9.17) is 39.5 Å². The van der Waals surface area contributed by atoms with E-state index in [9.17, 15) is 4.79 Å². The van der Waals surface area contributed by atoms with Crippen molar-refractivity contribution in [2.75, 3.05) is 4.61 Å². The van der Waals surface area contributed by atoms with Crippen LogP contribution in [0.5, 0.6) is 0 Å². The Kier molecular flexibility index (Phi) is 11.6. The first-order valence-corrected chi connectivity index (χ1v) is 6.76. The van der Waals surface area contributed by atoms with E-state index < -0.39 is 4.30 Å². The van der Waals surface area contributed by atoms with Gasteiger partial charge >= 0.3 is 5.97 Å². The quantitative estimate of drug-likeness (QED) is 0.417. The van der Waals surface area contributed by atoms with E-state index >= 15 is 0 Å². The van der Waals surface area contributed by atoms with E-state index in [1.54, 1.807) is 0 Å². The molecule has 0 bridgehead atoms. The van der Waals surface area contributed by atoms with E-state index in [0.29, 0.717) is 4.61 Å². The Hall–Kier alpha value is 1.07. The molecule has 0 atom stereocenters. The van der Waals surface area contributed by atoms with Gasteiger partial charge in [0, 0.05) is 0 Å². The monoisotopic (exact) mass is 374 g/mol. The number of hydrogen-bond donors (Lipinski definition) is 0. The molecule has 6 heteroatoms. The predicted octanol–water partition coefficient (Wildman–Crippen LogP) is 4.34. The van der Waals surface area contributed by atoms with Crippen LogP contribution in [-0.2, 0) is 9.53 Å². The Bertz CT molecular complexity index is 160. The highest BCUT2D eigenvalue weighted by Crippen LogP contribution is 2.21. The minimum Gasteiger partial charge on any atom is -0.455 e. The summed E-state index contributed by atoms with van der Waals surface area (Å²) in [5.41, 5.74) is -0.314. The summed E-state index contributed by atoms with van der Waals surface area (Å²) >= 11 is 16.4. The molecular formula is C8H14Cl3IO2. The third-order valence-corrected chi connectivity index (χ3v) is 1.93. The molecule has 0 aromatic carbocycles. The van der Waals surface area contributed by atoms with Gasteiger partial charge in [0.15, 0.2) is 4.30 Å². The van der Waals surface area contributed by atoms with Crippen LogP contribution in [0.2, 0.25) is 0 Å². The topological polar surface area (TPSA) is 26.3 Å². The van der Waals surface area contributed by atoms with Crippen molar-refractivity contribution in [3.05, 3.63) is 0 Å². The predicted molar refractivity (Wildman–Crippen MR) is 70.4 cm³/mol. The number of halogens is 4. The lowest BCUT2D eigenvalue weighted by atomic mass is 9.91. The van der Waals surface area contributed by atoms with Gasteiger partial charge in [-0.25, -0.2) is 0 Å². The standard InChI is InChI=1S/C7H13IO2.CHCl3/c1-4-7(2,3)6(9)10-5-8;2-1(3)4/h4-5H2,1-3H3;1H. The second kappa shape index (κ2) is 9.31. The number of hydrogen-bond acceptors (Lipinski definition) is 2. The van der Waals surface area contributed by atoms with Crippen LogP contribution in [0, 0.1) is 5.41 Å². The highest BCUT2D eigenvalue weighted by atomic mass is 127. The van der Waals surface area contributed by atoms with E-state index in [0.717, 1.165) is 6.42 Å². The number of rotatable bonds is 3. The van der Waals surface area contributed by atoms with Crippen molar-refractivity contribution >= 4 is 63.4 Å². The molecule has 0 aliphatic carbocycles. The van der Waals surface area contributed by atoms with Crippen molar-refractivity contribution in [3.8, 4) is 0 Å². The fraction of sp³-hybridized carbons (Fsp3) is 0.875. The average molecular weight is 375 g/mol. The van der Waals surface area contributed by atoms with Crippen molar-refractivity contribution in [1.82, 2.24) is 0 Å². The fourth-order valence-electron chi connectivity index (χ4n) is 0.389. The molecule has 0 amide bonds. The molecule has 0 radical (unpaired) electrons. The maximum Gasteiger partial charge on any atom is 0.312 e. The maximum absolute atomic E-state index is 11.1. The Balaban J connectivity index is 0. The van der Waals surface area contributed by atoms with Gasteiger partial charge in [-0.15, -0.1) is 0 Å². The van der Waals surface area contributed by atoms with Gasteiger partial charge in [-0.05, 0) is 42.9 Å². The molecule has 0 unspecified atom stereocenters. The van der Waals surface area contributed by atoms with Gasteiger partial charge in [-0.1, -0.05) is 41.7 Å². The summed E-state index contributed by atoms with van der Waals surface area (Å²) < 4.78 is 4.54. The molecule has 0 aromatic heterocycles. The van der Waals surface area contributed by atoms with Crippen molar-refractivity contribution in [1.29, 1.82) is 0 Å². The highest BCUT2D eigenvalue weighted by Gasteiger charge is 2.26. The SMILES string of the molecule is CCC(C)(C)C(=O)OCI.ClC(Cl)Cl. The number of esters is 1. The van der Waals surface area contributed by atoms with E-state index in [1.807, 2.05) is 43.4 Å². The van der Waals surface area contributed by atoms with E-state index in [1.165, 1.54) is 0 Å². The van der Waals surface area contributed by atoms with Crippen LogP contribution in [0.25, 0.3) is 0 Å². The zero-order valence-electron chi connectivity index (χ0n) is 8.32. The summed E-state index contributed by atoms with van der Waals surface area (Å²) in [7, 11) is 0. The molecular weight excluding hydrogens is 361 g/mol. The second-order valence-corrected chi connectivity index (χ2v) is 5.63. The summed E-state index contributed by atoms with van der Waals surface area (Å²) in [4.78, 5) is 11.1. The Morgan fingerprint density at radius 2 is 1.79 bits per heavy atom.